The van der Waals surface area contributed by atoms with Gasteiger partial charge >= 0.3 is 5.97 Å². The van der Waals surface area contributed by atoms with Crippen LogP contribution < -0.4 is 10.3 Å². The zero-order valence-electron chi connectivity index (χ0n) is 12.9. The van der Waals surface area contributed by atoms with Crippen molar-refractivity contribution in [3.05, 3.63) is 65.2 Å². The van der Waals surface area contributed by atoms with Crippen LogP contribution in [0.1, 0.15) is 26.3 Å². The van der Waals surface area contributed by atoms with Crippen LogP contribution in [0.4, 0.5) is 5.69 Å². The first-order valence-electron chi connectivity index (χ1n) is 6.91. The predicted octanol–water partition coefficient (Wildman–Crippen LogP) is 2.21. The second-order valence-electron chi connectivity index (χ2n) is 5.07. The Kier molecular flexibility index (Phi) is 5.09. The van der Waals surface area contributed by atoms with Crippen molar-refractivity contribution in [1.29, 1.82) is 0 Å². The van der Waals surface area contributed by atoms with Gasteiger partial charge in [-0.3, -0.25) is 4.79 Å². The summed E-state index contributed by atoms with van der Waals surface area (Å²) in [6.07, 6.45) is 1.46. The fourth-order valence-corrected chi connectivity index (χ4v) is 1.85. The number of carboxylic acid groups (broad SMARTS) is 1. The summed E-state index contributed by atoms with van der Waals surface area (Å²) in [4.78, 5) is 24.6. The summed E-state index contributed by atoms with van der Waals surface area (Å²) in [5, 5.41) is 12.7. The molecule has 1 amide bonds. The molecular weight excluding hydrogens is 294 g/mol. The maximum absolute atomic E-state index is 11.9. The minimum Gasteiger partial charge on any atom is -0.478 e. The molecule has 2 aromatic carbocycles. The zero-order valence-corrected chi connectivity index (χ0v) is 12.9. The third kappa shape index (κ3) is 4.41. The molecule has 2 rings (SSSR count). The highest BCUT2D eigenvalue weighted by Gasteiger charge is 2.04. The smallest absolute Gasteiger partial charge is 0.335 e. The molecule has 0 saturated carbocycles. The summed E-state index contributed by atoms with van der Waals surface area (Å²) >= 11 is 0. The normalized spacial score (nSPS) is 10.5. The van der Waals surface area contributed by atoms with E-state index in [9.17, 15) is 9.59 Å². The number of carboxylic acids is 1. The third-order valence-electron chi connectivity index (χ3n) is 3.18. The monoisotopic (exact) mass is 311 g/mol. The Morgan fingerprint density at radius 2 is 1.57 bits per heavy atom. The second kappa shape index (κ2) is 7.22. The molecule has 6 nitrogen and oxygen atoms in total. The zero-order chi connectivity index (χ0) is 16.8. The Labute approximate surface area is 134 Å². The van der Waals surface area contributed by atoms with Crippen LogP contribution in [-0.4, -0.2) is 37.3 Å². The summed E-state index contributed by atoms with van der Waals surface area (Å²) in [5.41, 5.74) is 4.84. The number of carbonyl (C=O) groups is 2. The summed E-state index contributed by atoms with van der Waals surface area (Å²) in [6.45, 7) is 0. The van der Waals surface area contributed by atoms with E-state index in [1.807, 2.05) is 31.1 Å². The SMILES string of the molecule is CN(C)c1ccc(C(=O)N/N=C/c2ccc(C(=O)O)cc2)cc1. The number of nitrogens with zero attached hydrogens (tertiary/aromatic N) is 2. The van der Waals surface area contributed by atoms with Crippen molar-refractivity contribution in [2.45, 2.75) is 0 Å². The number of benzene rings is 2. The number of anilines is 1. The first-order chi connectivity index (χ1) is 11.0. The van der Waals surface area contributed by atoms with E-state index in [0.29, 0.717) is 11.1 Å². The van der Waals surface area contributed by atoms with Gasteiger partial charge in [0.05, 0.1) is 11.8 Å². The third-order valence-corrected chi connectivity index (χ3v) is 3.18. The highest BCUT2D eigenvalue weighted by Crippen LogP contribution is 2.12. The molecule has 0 aliphatic rings. The van der Waals surface area contributed by atoms with E-state index in [1.165, 1.54) is 18.3 Å². The molecule has 2 aromatic rings. The first-order valence-corrected chi connectivity index (χ1v) is 6.91. The van der Waals surface area contributed by atoms with Gasteiger partial charge < -0.3 is 10.0 Å². The summed E-state index contributed by atoms with van der Waals surface area (Å²) in [6, 6.07) is 13.3. The van der Waals surface area contributed by atoms with Crippen LogP contribution in [0.3, 0.4) is 0 Å². The van der Waals surface area contributed by atoms with Gasteiger partial charge in [-0.15, -0.1) is 0 Å². The molecule has 2 N–H and O–H groups in total. The topological polar surface area (TPSA) is 82.0 Å². The van der Waals surface area contributed by atoms with Gasteiger partial charge in [0.15, 0.2) is 0 Å². The fourth-order valence-electron chi connectivity index (χ4n) is 1.85. The molecule has 118 valence electrons. The van der Waals surface area contributed by atoms with Gasteiger partial charge in [-0.25, -0.2) is 10.2 Å². The molecule has 0 aromatic heterocycles. The lowest BCUT2D eigenvalue weighted by Gasteiger charge is -2.12. The number of nitrogens with one attached hydrogen (secondary N) is 1. The molecule has 23 heavy (non-hydrogen) atoms. The Balaban J connectivity index is 1.96. The molecule has 0 radical (unpaired) electrons. The number of rotatable bonds is 5. The van der Waals surface area contributed by atoms with Gasteiger partial charge in [0, 0.05) is 25.3 Å². The second-order valence-corrected chi connectivity index (χ2v) is 5.07. The van der Waals surface area contributed by atoms with E-state index in [4.69, 9.17) is 5.11 Å². The molecule has 6 heteroatoms. The highest BCUT2D eigenvalue weighted by molar-refractivity contribution is 5.95. The number of hydrazone groups is 1. The maximum atomic E-state index is 11.9. The average molecular weight is 311 g/mol. The number of hydrogen-bond donors (Lipinski definition) is 2. The Bertz CT molecular complexity index is 720. The molecule has 0 spiro atoms. The van der Waals surface area contributed by atoms with Gasteiger partial charge in [-0.2, -0.15) is 5.10 Å². The largest absolute Gasteiger partial charge is 0.478 e. The van der Waals surface area contributed by atoms with Crippen molar-refractivity contribution >= 4 is 23.8 Å². The van der Waals surface area contributed by atoms with Crippen molar-refractivity contribution in [2.75, 3.05) is 19.0 Å². The quantitative estimate of drug-likeness (QED) is 0.655. The summed E-state index contributed by atoms with van der Waals surface area (Å²) in [7, 11) is 3.85. The number of amides is 1. The predicted molar refractivity (Wildman–Crippen MR) is 89.2 cm³/mol. The molecule has 0 bridgehead atoms. The minimum absolute atomic E-state index is 0.201. The average Bonchev–Trinajstić information content (AvgIpc) is 2.55. The summed E-state index contributed by atoms with van der Waals surface area (Å²) in [5.74, 6) is -1.29. The highest BCUT2D eigenvalue weighted by atomic mass is 16.4. The Morgan fingerprint density at radius 1 is 1.00 bits per heavy atom. The summed E-state index contributed by atoms with van der Waals surface area (Å²) < 4.78 is 0. The van der Waals surface area contributed by atoms with E-state index in [-0.39, 0.29) is 11.5 Å². The number of hydrogen-bond acceptors (Lipinski definition) is 4. The van der Waals surface area contributed by atoms with Crippen LogP contribution in [0.15, 0.2) is 53.6 Å². The maximum Gasteiger partial charge on any atom is 0.335 e. The van der Waals surface area contributed by atoms with E-state index in [0.717, 1.165) is 5.69 Å². The Hall–Kier alpha value is -3.15. The molecule has 0 saturated heterocycles. The lowest BCUT2D eigenvalue weighted by atomic mass is 10.1. The molecule has 0 atom stereocenters. The fraction of sp³-hybridized carbons (Fsp3) is 0.118. The van der Waals surface area contributed by atoms with Crippen molar-refractivity contribution in [3.8, 4) is 0 Å². The van der Waals surface area contributed by atoms with Crippen LogP contribution in [0.25, 0.3) is 0 Å². The number of aromatic carboxylic acids is 1. The van der Waals surface area contributed by atoms with Crippen molar-refractivity contribution in [3.63, 3.8) is 0 Å². The van der Waals surface area contributed by atoms with Crippen molar-refractivity contribution in [2.24, 2.45) is 5.10 Å². The van der Waals surface area contributed by atoms with Gasteiger partial charge in [-0.1, -0.05) is 12.1 Å². The van der Waals surface area contributed by atoms with Gasteiger partial charge in [0.1, 0.15) is 0 Å². The number of carbonyl (C=O) groups excluding carboxylic acids is 1. The van der Waals surface area contributed by atoms with Crippen LogP contribution in [0.2, 0.25) is 0 Å². The molecular formula is C17H17N3O3. The minimum atomic E-state index is -0.983. The standard InChI is InChI=1S/C17H17N3O3/c1-20(2)15-9-7-13(8-10-15)16(21)19-18-11-12-3-5-14(6-4-12)17(22)23/h3-11H,1-2H3,(H,19,21)(H,22,23)/b18-11+. The molecule has 0 fully saturated rings. The lowest BCUT2D eigenvalue weighted by Crippen LogP contribution is -2.18. The van der Waals surface area contributed by atoms with E-state index < -0.39 is 5.97 Å². The van der Waals surface area contributed by atoms with E-state index in [1.54, 1.807) is 24.3 Å². The Morgan fingerprint density at radius 3 is 2.09 bits per heavy atom. The van der Waals surface area contributed by atoms with Gasteiger partial charge in [0.2, 0.25) is 0 Å². The van der Waals surface area contributed by atoms with Gasteiger partial charge in [0.25, 0.3) is 5.91 Å². The lowest BCUT2D eigenvalue weighted by molar-refractivity contribution is 0.0696. The van der Waals surface area contributed by atoms with Crippen LogP contribution in [0, 0.1) is 0 Å². The van der Waals surface area contributed by atoms with Crippen molar-refractivity contribution < 1.29 is 14.7 Å². The molecule has 0 aliphatic carbocycles. The van der Waals surface area contributed by atoms with Crippen LogP contribution in [-0.2, 0) is 0 Å². The van der Waals surface area contributed by atoms with Crippen LogP contribution >= 0.6 is 0 Å². The molecule has 0 heterocycles. The molecule has 0 aliphatic heterocycles. The van der Waals surface area contributed by atoms with Crippen LogP contribution in [0.5, 0.6) is 0 Å². The first kappa shape index (κ1) is 16.2. The van der Waals surface area contributed by atoms with E-state index in [2.05, 4.69) is 10.5 Å². The van der Waals surface area contributed by atoms with Crippen molar-refractivity contribution in [1.82, 2.24) is 5.43 Å². The van der Waals surface area contributed by atoms with E-state index >= 15 is 0 Å². The molecule has 0 unspecified atom stereocenters. The van der Waals surface area contributed by atoms with Gasteiger partial charge in [-0.05, 0) is 42.0 Å².